The third kappa shape index (κ3) is 1.77. The molecule has 3 fully saturated rings. The van der Waals surface area contributed by atoms with E-state index in [0.29, 0.717) is 6.42 Å². The second-order valence-corrected chi connectivity index (χ2v) is 6.73. The second-order valence-electron chi connectivity index (χ2n) is 6.73. The lowest BCUT2D eigenvalue weighted by Gasteiger charge is -2.33. The SMILES string of the molecule is C=C1CCC2C1[C@H]1OC(=O)[C@@H](C)[C@@H]1[C@@H](O)C[C@@]2(C)O. The molecule has 1 aliphatic heterocycles. The maximum absolute atomic E-state index is 11.8. The van der Waals surface area contributed by atoms with Gasteiger partial charge in [0.25, 0.3) is 0 Å². The zero-order valence-electron chi connectivity index (χ0n) is 11.5. The van der Waals surface area contributed by atoms with Crippen LogP contribution in [-0.4, -0.2) is 34.0 Å². The van der Waals surface area contributed by atoms with Gasteiger partial charge in [0.05, 0.1) is 17.6 Å². The molecule has 3 aliphatic rings. The Morgan fingerprint density at radius 1 is 1.47 bits per heavy atom. The van der Waals surface area contributed by atoms with Gasteiger partial charge in [-0.2, -0.15) is 0 Å². The van der Waals surface area contributed by atoms with E-state index in [2.05, 4.69) is 6.58 Å². The number of ether oxygens (including phenoxy) is 1. The largest absolute Gasteiger partial charge is 0.461 e. The van der Waals surface area contributed by atoms with Gasteiger partial charge in [0.1, 0.15) is 6.10 Å². The van der Waals surface area contributed by atoms with E-state index in [1.54, 1.807) is 6.92 Å². The molecule has 0 aromatic heterocycles. The molecule has 2 unspecified atom stereocenters. The fraction of sp³-hybridized carbons (Fsp3) is 0.800. The van der Waals surface area contributed by atoms with Gasteiger partial charge in [0.2, 0.25) is 0 Å². The average Bonchev–Trinajstić information content (AvgIpc) is 2.78. The van der Waals surface area contributed by atoms with E-state index in [1.165, 1.54) is 0 Å². The van der Waals surface area contributed by atoms with Crippen LogP contribution in [0.2, 0.25) is 0 Å². The summed E-state index contributed by atoms with van der Waals surface area (Å²) in [5.41, 5.74) is 0.135. The summed E-state index contributed by atoms with van der Waals surface area (Å²) in [4.78, 5) is 11.8. The van der Waals surface area contributed by atoms with Crippen molar-refractivity contribution in [2.24, 2.45) is 23.7 Å². The van der Waals surface area contributed by atoms with E-state index >= 15 is 0 Å². The van der Waals surface area contributed by atoms with Gasteiger partial charge >= 0.3 is 5.97 Å². The van der Waals surface area contributed by atoms with Crippen molar-refractivity contribution in [3.63, 3.8) is 0 Å². The highest BCUT2D eigenvalue weighted by Crippen LogP contribution is 2.53. The highest BCUT2D eigenvalue weighted by molar-refractivity contribution is 5.75. The first-order valence-electron chi connectivity index (χ1n) is 7.11. The third-order valence-corrected chi connectivity index (χ3v) is 5.48. The van der Waals surface area contributed by atoms with Gasteiger partial charge in [-0.05, 0) is 25.7 Å². The lowest BCUT2D eigenvalue weighted by atomic mass is 9.77. The molecule has 1 heterocycles. The fourth-order valence-electron chi connectivity index (χ4n) is 4.47. The molecule has 2 aliphatic carbocycles. The first kappa shape index (κ1) is 13.1. The zero-order valence-corrected chi connectivity index (χ0v) is 11.5. The molecular formula is C15H22O4. The van der Waals surface area contributed by atoms with Crippen molar-refractivity contribution in [2.75, 3.05) is 0 Å². The van der Waals surface area contributed by atoms with Gasteiger partial charge in [0, 0.05) is 18.3 Å². The van der Waals surface area contributed by atoms with Crippen molar-refractivity contribution in [3.05, 3.63) is 12.2 Å². The topological polar surface area (TPSA) is 66.8 Å². The van der Waals surface area contributed by atoms with Crippen LogP contribution in [0.4, 0.5) is 0 Å². The van der Waals surface area contributed by atoms with Crippen LogP contribution in [0.1, 0.15) is 33.1 Å². The molecule has 0 aromatic carbocycles. The van der Waals surface area contributed by atoms with Crippen LogP contribution in [0, 0.1) is 23.7 Å². The van der Waals surface area contributed by atoms with Crippen molar-refractivity contribution < 1.29 is 19.7 Å². The monoisotopic (exact) mass is 266 g/mol. The van der Waals surface area contributed by atoms with Gasteiger partial charge in [-0.25, -0.2) is 0 Å². The van der Waals surface area contributed by atoms with E-state index in [1.807, 2.05) is 6.92 Å². The first-order chi connectivity index (χ1) is 8.83. The normalized spacial score (nSPS) is 53.5. The Bertz CT molecular complexity index is 428. The number of aliphatic hydroxyl groups is 2. The lowest BCUT2D eigenvalue weighted by molar-refractivity contribution is -0.146. The van der Waals surface area contributed by atoms with Crippen molar-refractivity contribution in [1.29, 1.82) is 0 Å². The summed E-state index contributed by atoms with van der Waals surface area (Å²) < 4.78 is 5.53. The molecule has 4 nitrogen and oxygen atoms in total. The molecule has 0 radical (unpaired) electrons. The molecule has 4 heteroatoms. The van der Waals surface area contributed by atoms with E-state index in [-0.39, 0.29) is 35.7 Å². The minimum absolute atomic E-state index is 0.00829. The predicted octanol–water partition coefficient (Wildman–Crippen LogP) is 1.26. The molecule has 0 aromatic rings. The Morgan fingerprint density at radius 3 is 2.84 bits per heavy atom. The third-order valence-electron chi connectivity index (χ3n) is 5.48. The van der Waals surface area contributed by atoms with Crippen LogP contribution in [0.15, 0.2) is 12.2 Å². The highest BCUT2D eigenvalue weighted by Gasteiger charge is 2.59. The number of hydrogen-bond donors (Lipinski definition) is 2. The number of hydrogen-bond acceptors (Lipinski definition) is 4. The van der Waals surface area contributed by atoms with Crippen LogP contribution < -0.4 is 0 Å². The molecule has 2 N–H and O–H groups in total. The molecule has 2 saturated carbocycles. The summed E-state index contributed by atoms with van der Waals surface area (Å²) in [5.74, 6) is -0.727. The molecule has 0 spiro atoms. The molecule has 19 heavy (non-hydrogen) atoms. The standard InChI is InChI=1S/C15H22O4/c1-7-4-5-9-11(7)13-12(8(2)14(17)19-13)10(16)6-15(9,3)18/h8-13,16,18H,1,4-6H2,2-3H3/t8-,9?,10-,11?,12+,13+,15+/m0/s1. The number of rotatable bonds is 0. The maximum Gasteiger partial charge on any atom is 0.309 e. The minimum Gasteiger partial charge on any atom is -0.461 e. The number of aliphatic hydroxyl groups excluding tert-OH is 1. The summed E-state index contributed by atoms with van der Waals surface area (Å²) in [6, 6.07) is 0. The lowest BCUT2D eigenvalue weighted by Crippen LogP contribution is -2.39. The Morgan fingerprint density at radius 2 is 2.16 bits per heavy atom. The highest BCUT2D eigenvalue weighted by atomic mass is 16.6. The Hall–Kier alpha value is -0.870. The van der Waals surface area contributed by atoms with Crippen LogP contribution in [0.3, 0.4) is 0 Å². The predicted molar refractivity (Wildman–Crippen MR) is 69.1 cm³/mol. The maximum atomic E-state index is 11.8. The van der Waals surface area contributed by atoms with Gasteiger partial charge < -0.3 is 14.9 Å². The summed E-state index contributed by atoms with van der Waals surface area (Å²) in [6.45, 7) is 7.70. The van der Waals surface area contributed by atoms with Gasteiger partial charge in [-0.1, -0.05) is 19.1 Å². The number of carbonyl (C=O) groups is 1. The summed E-state index contributed by atoms with van der Waals surface area (Å²) >= 11 is 0. The summed E-state index contributed by atoms with van der Waals surface area (Å²) in [6.07, 6.45) is 1.03. The van der Waals surface area contributed by atoms with Gasteiger partial charge in [0.15, 0.2) is 0 Å². The molecule has 0 amide bonds. The number of carbonyl (C=O) groups excluding carboxylic acids is 1. The van der Waals surface area contributed by atoms with Crippen molar-refractivity contribution in [3.8, 4) is 0 Å². The Balaban J connectivity index is 2.04. The summed E-state index contributed by atoms with van der Waals surface area (Å²) in [5, 5.41) is 21.1. The molecule has 1 saturated heterocycles. The van der Waals surface area contributed by atoms with Crippen LogP contribution in [0.25, 0.3) is 0 Å². The number of fused-ring (bicyclic) bond motifs is 3. The zero-order chi connectivity index (χ0) is 13.9. The second kappa shape index (κ2) is 4.06. The smallest absolute Gasteiger partial charge is 0.309 e. The Labute approximate surface area is 113 Å². The molecule has 106 valence electrons. The van der Waals surface area contributed by atoms with Crippen molar-refractivity contribution >= 4 is 5.97 Å². The quantitative estimate of drug-likeness (QED) is 0.512. The van der Waals surface area contributed by atoms with E-state index < -0.39 is 11.7 Å². The Kier molecular flexibility index (Phi) is 2.81. The van der Waals surface area contributed by atoms with Gasteiger partial charge in [-0.15, -0.1) is 0 Å². The number of esters is 1. The molecule has 3 rings (SSSR count). The van der Waals surface area contributed by atoms with Crippen molar-refractivity contribution in [2.45, 2.75) is 50.9 Å². The first-order valence-corrected chi connectivity index (χ1v) is 7.11. The minimum atomic E-state index is -0.917. The van der Waals surface area contributed by atoms with E-state index in [0.717, 1.165) is 18.4 Å². The average molecular weight is 266 g/mol. The van der Waals surface area contributed by atoms with Crippen LogP contribution in [-0.2, 0) is 9.53 Å². The molecule has 0 bridgehead atoms. The van der Waals surface area contributed by atoms with E-state index in [4.69, 9.17) is 4.74 Å². The van der Waals surface area contributed by atoms with E-state index in [9.17, 15) is 15.0 Å². The molecular weight excluding hydrogens is 244 g/mol. The van der Waals surface area contributed by atoms with Crippen molar-refractivity contribution in [1.82, 2.24) is 0 Å². The summed E-state index contributed by atoms with van der Waals surface area (Å²) in [7, 11) is 0. The fourth-order valence-corrected chi connectivity index (χ4v) is 4.47. The van der Waals surface area contributed by atoms with Crippen LogP contribution >= 0.6 is 0 Å². The van der Waals surface area contributed by atoms with Crippen LogP contribution in [0.5, 0.6) is 0 Å². The van der Waals surface area contributed by atoms with Gasteiger partial charge in [-0.3, -0.25) is 4.79 Å². The molecule has 7 atom stereocenters.